The Balaban J connectivity index is 1.36. The van der Waals surface area contributed by atoms with Crippen molar-refractivity contribution in [2.24, 2.45) is 0 Å². The first-order valence-electron chi connectivity index (χ1n) is 9.85. The second-order valence-corrected chi connectivity index (χ2v) is 9.34. The monoisotopic (exact) mass is 420 g/mol. The van der Waals surface area contributed by atoms with Gasteiger partial charge in [-0.25, -0.2) is 8.42 Å². The summed E-state index contributed by atoms with van der Waals surface area (Å²) < 4.78 is 32.6. The van der Waals surface area contributed by atoms with Crippen molar-refractivity contribution in [1.82, 2.24) is 4.31 Å². The van der Waals surface area contributed by atoms with E-state index in [-0.39, 0.29) is 10.8 Å². The van der Waals surface area contributed by atoms with Crippen LogP contribution in [0.1, 0.15) is 23.2 Å². The summed E-state index contributed by atoms with van der Waals surface area (Å²) in [4.78, 5) is 12.9. The van der Waals surface area contributed by atoms with Gasteiger partial charge in [0.15, 0.2) is 0 Å². The van der Waals surface area contributed by atoms with Crippen molar-refractivity contribution in [2.45, 2.75) is 17.7 Å². The second kappa shape index (κ2) is 7.27. The Labute approximate surface area is 174 Å². The molecule has 0 radical (unpaired) electrons. The van der Waals surface area contributed by atoms with Crippen LogP contribution in [-0.4, -0.2) is 31.7 Å². The number of amides is 1. The first kappa shape index (κ1) is 18.8. The van der Waals surface area contributed by atoms with Crippen LogP contribution in [-0.2, 0) is 10.0 Å². The molecule has 0 saturated carbocycles. The van der Waals surface area contributed by atoms with Gasteiger partial charge in [-0.15, -0.1) is 0 Å². The minimum Gasteiger partial charge on any atom is -0.456 e. The van der Waals surface area contributed by atoms with E-state index in [1.165, 1.54) is 28.6 Å². The highest BCUT2D eigenvalue weighted by atomic mass is 32.2. The number of nitrogens with one attached hydrogen (secondary N) is 1. The highest BCUT2D eigenvalue weighted by Gasteiger charge is 2.27. The third kappa shape index (κ3) is 3.26. The van der Waals surface area contributed by atoms with Crippen molar-refractivity contribution in [1.29, 1.82) is 0 Å². The zero-order valence-corrected chi connectivity index (χ0v) is 17.0. The molecule has 1 fully saturated rings. The van der Waals surface area contributed by atoms with Crippen molar-refractivity contribution in [3.8, 4) is 0 Å². The number of anilines is 1. The number of carbonyl (C=O) groups is 1. The summed E-state index contributed by atoms with van der Waals surface area (Å²) >= 11 is 0. The van der Waals surface area contributed by atoms with E-state index in [0.717, 1.165) is 29.2 Å². The summed E-state index contributed by atoms with van der Waals surface area (Å²) in [5.41, 5.74) is 2.49. The van der Waals surface area contributed by atoms with Crippen LogP contribution in [0, 0.1) is 0 Å². The fourth-order valence-electron chi connectivity index (χ4n) is 3.86. The third-order valence-electron chi connectivity index (χ3n) is 5.46. The Bertz CT molecular complexity index is 1350. The summed E-state index contributed by atoms with van der Waals surface area (Å²) in [7, 11) is -3.49. The lowest BCUT2D eigenvalue weighted by atomic mass is 10.1. The van der Waals surface area contributed by atoms with E-state index < -0.39 is 10.0 Å². The van der Waals surface area contributed by atoms with E-state index in [2.05, 4.69) is 5.32 Å². The first-order valence-corrected chi connectivity index (χ1v) is 11.3. The smallest absolute Gasteiger partial charge is 0.255 e. The number of hydrogen-bond acceptors (Lipinski definition) is 4. The lowest BCUT2D eigenvalue weighted by Crippen LogP contribution is -2.27. The normalized spacial score (nSPS) is 15.1. The summed E-state index contributed by atoms with van der Waals surface area (Å²) in [5.74, 6) is -0.310. The van der Waals surface area contributed by atoms with Gasteiger partial charge < -0.3 is 9.73 Å². The van der Waals surface area contributed by atoms with Gasteiger partial charge in [-0.3, -0.25) is 4.79 Å². The number of fused-ring (bicyclic) bond motifs is 3. The molecule has 152 valence electrons. The molecule has 0 spiro atoms. The van der Waals surface area contributed by atoms with Gasteiger partial charge in [0.05, 0.1) is 4.90 Å². The number of para-hydroxylation sites is 1. The topological polar surface area (TPSA) is 79.6 Å². The maximum atomic E-state index is 12.6. The molecular weight excluding hydrogens is 400 g/mol. The Morgan fingerprint density at radius 1 is 0.867 bits per heavy atom. The third-order valence-corrected chi connectivity index (χ3v) is 7.37. The highest BCUT2D eigenvalue weighted by Crippen LogP contribution is 2.30. The van der Waals surface area contributed by atoms with Crippen LogP contribution in [0.25, 0.3) is 21.9 Å². The largest absolute Gasteiger partial charge is 0.456 e. The number of rotatable bonds is 4. The number of furan rings is 1. The molecular formula is C23H20N2O4S. The predicted octanol–water partition coefficient (Wildman–Crippen LogP) is 4.62. The molecule has 1 N–H and O–H groups in total. The van der Waals surface area contributed by atoms with E-state index in [0.29, 0.717) is 29.9 Å². The fraction of sp³-hybridized carbons (Fsp3) is 0.174. The summed E-state index contributed by atoms with van der Waals surface area (Å²) in [6.45, 7) is 1.10. The van der Waals surface area contributed by atoms with E-state index in [4.69, 9.17) is 4.42 Å². The number of nitrogens with zero attached hydrogens (tertiary/aromatic N) is 1. The minimum atomic E-state index is -3.49. The lowest BCUT2D eigenvalue weighted by Gasteiger charge is -2.15. The van der Waals surface area contributed by atoms with Crippen LogP contribution in [0.2, 0.25) is 0 Å². The van der Waals surface area contributed by atoms with Crippen LogP contribution in [0.4, 0.5) is 5.69 Å². The van der Waals surface area contributed by atoms with Crippen LogP contribution >= 0.6 is 0 Å². The van der Waals surface area contributed by atoms with Gasteiger partial charge in [0.25, 0.3) is 5.91 Å². The van der Waals surface area contributed by atoms with Gasteiger partial charge in [0, 0.05) is 41.2 Å². The van der Waals surface area contributed by atoms with Gasteiger partial charge in [0.2, 0.25) is 10.0 Å². The van der Waals surface area contributed by atoms with Crippen LogP contribution in [0.3, 0.4) is 0 Å². The zero-order valence-electron chi connectivity index (χ0n) is 16.2. The standard InChI is InChI=1S/C23H20N2O4S/c26-23(16-7-10-18(11-8-16)30(27,28)25-13-3-4-14-25)24-17-9-12-20-19-5-1-2-6-21(19)29-22(20)15-17/h1-2,5-12,15H,3-4,13-14H2,(H,24,26). The molecule has 7 heteroatoms. The Morgan fingerprint density at radius 3 is 2.33 bits per heavy atom. The van der Waals surface area contributed by atoms with Crippen molar-refractivity contribution in [3.63, 3.8) is 0 Å². The molecule has 5 rings (SSSR count). The Morgan fingerprint density at radius 2 is 1.57 bits per heavy atom. The predicted molar refractivity (Wildman–Crippen MR) is 116 cm³/mol. The van der Waals surface area contributed by atoms with Gasteiger partial charge in [0.1, 0.15) is 11.2 Å². The van der Waals surface area contributed by atoms with E-state index in [1.54, 1.807) is 6.07 Å². The molecule has 0 bridgehead atoms. The van der Waals surface area contributed by atoms with Crippen molar-refractivity contribution < 1.29 is 17.6 Å². The second-order valence-electron chi connectivity index (χ2n) is 7.40. The first-order chi connectivity index (χ1) is 14.5. The van der Waals surface area contributed by atoms with Gasteiger partial charge in [-0.05, 0) is 55.3 Å². The maximum Gasteiger partial charge on any atom is 0.255 e. The number of carbonyl (C=O) groups excluding carboxylic acids is 1. The van der Waals surface area contributed by atoms with Crippen LogP contribution in [0.5, 0.6) is 0 Å². The van der Waals surface area contributed by atoms with Crippen molar-refractivity contribution in [3.05, 3.63) is 72.3 Å². The van der Waals surface area contributed by atoms with E-state index in [1.807, 2.05) is 36.4 Å². The molecule has 0 unspecified atom stereocenters. The quantitative estimate of drug-likeness (QED) is 0.522. The Kier molecular flexibility index (Phi) is 4.56. The molecule has 3 aromatic carbocycles. The molecule has 1 saturated heterocycles. The number of hydrogen-bond donors (Lipinski definition) is 1. The van der Waals surface area contributed by atoms with Gasteiger partial charge in [-0.1, -0.05) is 18.2 Å². The molecule has 1 aliphatic rings. The maximum absolute atomic E-state index is 12.6. The fourth-order valence-corrected chi connectivity index (χ4v) is 5.38. The SMILES string of the molecule is O=C(Nc1ccc2c(c1)oc1ccccc12)c1ccc(S(=O)(=O)N2CCCC2)cc1. The number of sulfonamides is 1. The van der Waals surface area contributed by atoms with Crippen LogP contribution < -0.4 is 5.32 Å². The average molecular weight is 420 g/mol. The molecule has 6 nitrogen and oxygen atoms in total. The molecule has 30 heavy (non-hydrogen) atoms. The van der Waals surface area contributed by atoms with E-state index >= 15 is 0 Å². The molecule has 2 heterocycles. The van der Waals surface area contributed by atoms with E-state index in [9.17, 15) is 13.2 Å². The van der Waals surface area contributed by atoms with Crippen molar-refractivity contribution >= 4 is 43.6 Å². The molecule has 0 atom stereocenters. The summed E-state index contributed by atoms with van der Waals surface area (Å²) in [5, 5.41) is 4.86. The molecule has 0 aliphatic carbocycles. The zero-order chi connectivity index (χ0) is 20.7. The van der Waals surface area contributed by atoms with Gasteiger partial charge >= 0.3 is 0 Å². The molecule has 1 aromatic heterocycles. The van der Waals surface area contributed by atoms with Crippen LogP contribution in [0.15, 0.2) is 76.0 Å². The molecule has 1 amide bonds. The molecule has 1 aliphatic heterocycles. The average Bonchev–Trinajstić information content (AvgIpc) is 3.42. The lowest BCUT2D eigenvalue weighted by molar-refractivity contribution is 0.102. The summed E-state index contributed by atoms with van der Waals surface area (Å²) in [6.07, 6.45) is 1.77. The minimum absolute atomic E-state index is 0.213. The Hall–Kier alpha value is -3.16. The summed E-state index contributed by atoms with van der Waals surface area (Å²) in [6, 6.07) is 19.4. The van der Waals surface area contributed by atoms with Crippen molar-refractivity contribution in [2.75, 3.05) is 18.4 Å². The molecule has 4 aromatic rings. The number of benzene rings is 3. The highest BCUT2D eigenvalue weighted by molar-refractivity contribution is 7.89. The van der Waals surface area contributed by atoms with Gasteiger partial charge in [-0.2, -0.15) is 4.31 Å².